The van der Waals surface area contributed by atoms with E-state index in [1.54, 1.807) is 29.9 Å². The second-order valence-electron chi connectivity index (χ2n) is 5.53. The van der Waals surface area contributed by atoms with Gasteiger partial charge in [-0.1, -0.05) is 20.8 Å². The van der Waals surface area contributed by atoms with Crippen molar-refractivity contribution in [1.82, 2.24) is 15.0 Å². The van der Waals surface area contributed by atoms with E-state index in [1.165, 1.54) is 0 Å². The molecule has 2 aromatic rings. The number of nitrogens with one attached hydrogen (secondary N) is 1. The van der Waals surface area contributed by atoms with Crippen molar-refractivity contribution in [3.8, 4) is 0 Å². The van der Waals surface area contributed by atoms with Crippen molar-refractivity contribution in [3.63, 3.8) is 0 Å². The van der Waals surface area contributed by atoms with E-state index in [4.69, 9.17) is 5.73 Å². The number of aromatic nitrogens is 3. The lowest BCUT2D eigenvalue weighted by atomic mass is 9.96. The zero-order chi connectivity index (χ0) is 14.0. The summed E-state index contributed by atoms with van der Waals surface area (Å²) < 4.78 is 0. The minimum absolute atomic E-state index is 0.00701. The number of hydrogen-bond donors (Lipinski definition) is 2. The maximum absolute atomic E-state index is 5.81. The van der Waals surface area contributed by atoms with Gasteiger partial charge in [0, 0.05) is 22.5 Å². The van der Waals surface area contributed by atoms with Gasteiger partial charge in [0.1, 0.15) is 5.82 Å². The molecule has 0 aromatic carbocycles. The van der Waals surface area contributed by atoms with Crippen LogP contribution in [0.4, 0.5) is 10.8 Å². The van der Waals surface area contributed by atoms with Crippen molar-refractivity contribution in [1.29, 1.82) is 0 Å². The van der Waals surface area contributed by atoms with Crippen LogP contribution in [0.2, 0.25) is 0 Å². The van der Waals surface area contributed by atoms with Gasteiger partial charge in [-0.3, -0.25) is 0 Å². The van der Waals surface area contributed by atoms with E-state index in [0.717, 1.165) is 21.5 Å². The quantitative estimate of drug-likeness (QED) is 0.902. The summed E-state index contributed by atoms with van der Waals surface area (Å²) in [5.41, 5.74) is 6.60. The largest absolute Gasteiger partial charge is 0.329 e. The molecule has 1 unspecified atom stereocenters. The van der Waals surface area contributed by atoms with Crippen LogP contribution in [0.25, 0.3) is 0 Å². The second-order valence-corrected chi connectivity index (χ2v) is 6.59. The Morgan fingerprint density at radius 3 is 2.26 bits per heavy atom. The van der Waals surface area contributed by atoms with Gasteiger partial charge >= 0.3 is 0 Å². The summed E-state index contributed by atoms with van der Waals surface area (Å²) in [5.74, 6) is 0.827. The molecule has 2 aromatic heterocycles. The molecule has 0 fully saturated rings. The van der Waals surface area contributed by atoms with E-state index in [0.29, 0.717) is 0 Å². The van der Waals surface area contributed by atoms with Crippen molar-refractivity contribution < 1.29 is 0 Å². The molecule has 19 heavy (non-hydrogen) atoms. The average molecular weight is 277 g/mol. The molecule has 0 saturated heterocycles. The molecule has 0 bridgehead atoms. The highest BCUT2D eigenvalue weighted by atomic mass is 32.1. The van der Waals surface area contributed by atoms with Gasteiger partial charge in [0.25, 0.3) is 0 Å². The molecule has 0 radical (unpaired) electrons. The number of rotatable bonds is 3. The smallest absolute Gasteiger partial charge is 0.187 e. The first-order valence-corrected chi connectivity index (χ1v) is 6.99. The molecule has 0 spiro atoms. The molecule has 6 heteroatoms. The number of thiazole rings is 1. The zero-order valence-corrected chi connectivity index (χ0v) is 12.5. The molecule has 102 valence electrons. The molecule has 3 N–H and O–H groups in total. The van der Waals surface area contributed by atoms with Crippen LogP contribution >= 0.6 is 11.3 Å². The maximum Gasteiger partial charge on any atom is 0.187 e. The summed E-state index contributed by atoms with van der Waals surface area (Å²) in [6.45, 7) is 8.21. The molecule has 2 rings (SSSR count). The first-order chi connectivity index (χ1) is 8.86. The molecule has 0 saturated carbocycles. The Balaban J connectivity index is 2.11. The number of anilines is 2. The molecular formula is C13H19N5S. The van der Waals surface area contributed by atoms with Crippen LogP contribution in [0.5, 0.6) is 0 Å². The van der Waals surface area contributed by atoms with Crippen LogP contribution in [0.3, 0.4) is 0 Å². The summed E-state index contributed by atoms with van der Waals surface area (Å²) in [7, 11) is 0. The van der Waals surface area contributed by atoms with Gasteiger partial charge in [-0.25, -0.2) is 15.0 Å². The lowest BCUT2D eigenvalue weighted by Crippen LogP contribution is -2.15. The van der Waals surface area contributed by atoms with Crippen molar-refractivity contribution >= 4 is 22.2 Å². The minimum atomic E-state index is -0.0398. The maximum atomic E-state index is 5.81. The SMILES string of the molecule is CC(N)c1cnc(Nc2cnc(C(C)(C)C)nc2)s1. The van der Waals surface area contributed by atoms with Crippen LogP contribution in [-0.4, -0.2) is 15.0 Å². The Labute approximate surface area is 117 Å². The fourth-order valence-corrected chi connectivity index (χ4v) is 2.25. The summed E-state index contributed by atoms with van der Waals surface area (Å²) >= 11 is 1.54. The van der Waals surface area contributed by atoms with Gasteiger partial charge < -0.3 is 11.1 Å². The third kappa shape index (κ3) is 3.48. The standard InChI is InChI=1S/C13H19N5S/c1-8(14)10-7-17-12(19-10)18-9-5-15-11(16-6-9)13(2,3)4/h5-8H,14H2,1-4H3,(H,17,18). The second kappa shape index (κ2) is 5.22. The molecule has 0 aliphatic carbocycles. The number of hydrogen-bond acceptors (Lipinski definition) is 6. The van der Waals surface area contributed by atoms with Gasteiger partial charge in [-0.2, -0.15) is 0 Å². The molecule has 0 aliphatic rings. The Kier molecular flexibility index (Phi) is 3.82. The molecule has 0 aliphatic heterocycles. The summed E-state index contributed by atoms with van der Waals surface area (Å²) in [6, 6.07) is 0.00701. The Bertz CT molecular complexity index is 539. The normalized spacial score (nSPS) is 13.3. The molecule has 2 heterocycles. The van der Waals surface area contributed by atoms with E-state index in [2.05, 4.69) is 41.0 Å². The number of nitrogens with zero attached hydrogens (tertiary/aromatic N) is 3. The lowest BCUT2D eigenvalue weighted by molar-refractivity contribution is 0.545. The summed E-state index contributed by atoms with van der Waals surface area (Å²) in [4.78, 5) is 14.1. The van der Waals surface area contributed by atoms with Gasteiger partial charge in [0.2, 0.25) is 0 Å². The monoisotopic (exact) mass is 277 g/mol. The predicted molar refractivity (Wildman–Crippen MR) is 78.7 cm³/mol. The van der Waals surface area contributed by atoms with Crippen LogP contribution in [-0.2, 0) is 5.41 Å². The van der Waals surface area contributed by atoms with Gasteiger partial charge in [0.15, 0.2) is 5.13 Å². The molecule has 5 nitrogen and oxygen atoms in total. The van der Waals surface area contributed by atoms with Gasteiger partial charge in [0.05, 0.1) is 18.1 Å². The highest BCUT2D eigenvalue weighted by Gasteiger charge is 2.16. The van der Waals surface area contributed by atoms with Gasteiger partial charge in [-0.05, 0) is 6.92 Å². The molecule has 0 amide bonds. The fraction of sp³-hybridized carbons (Fsp3) is 0.462. The van der Waals surface area contributed by atoms with Gasteiger partial charge in [-0.15, -0.1) is 11.3 Å². The van der Waals surface area contributed by atoms with Crippen molar-refractivity contribution in [2.45, 2.75) is 39.2 Å². The van der Waals surface area contributed by atoms with E-state index in [1.807, 2.05) is 6.92 Å². The topological polar surface area (TPSA) is 76.7 Å². The molecular weight excluding hydrogens is 258 g/mol. The zero-order valence-electron chi connectivity index (χ0n) is 11.6. The van der Waals surface area contributed by atoms with Crippen LogP contribution in [0.15, 0.2) is 18.6 Å². The minimum Gasteiger partial charge on any atom is -0.329 e. The number of nitrogens with two attached hydrogens (primary N) is 1. The Hall–Kier alpha value is -1.53. The first kappa shape index (κ1) is 13.9. The van der Waals surface area contributed by atoms with Crippen LogP contribution in [0, 0.1) is 0 Å². The summed E-state index contributed by atoms with van der Waals surface area (Å²) in [5, 5.41) is 3.99. The predicted octanol–water partition coefficient (Wildman–Crippen LogP) is 2.99. The Morgan fingerprint density at radius 2 is 1.79 bits per heavy atom. The summed E-state index contributed by atoms with van der Waals surface area (Å²) in [6.07, 6.45) is 5.35. The molecule has 1 atom stereocenters. The lowest BCUT2D eigenvalue weighted by Gasteiger charge is -2.16. The highest BCUT2D eigenvalue weighted by Crippen LogP contribution is 2.25. The first-order valence-electron chi connectivity index (χ1n) is 6.17. The van der Waals surface area contributed by atoms with E-state index in [9.17, 15) is 0 Å². The average Bonchev–Trinajstić information content (AvgIpc) is 2.77. The van der Waals surface area contributed by atoms with Crippen molar-refractivity contribution in [2.75, 3.05) is 5.32 Å². The van der Waals surface area contributed by atoms with Crippen LogP contribution in [0.1, 0.15) is 44.4 Å². The highest BCUT2D eigenvalue weighted by molar-refractivity contribution is 7.15. The van der Waals surface area contributed by atoms with Crippen LogP contribution < -0.4 is 11.1 Å². The van der Waals surface area contributed by atoms with E-state index < -0.39 is 0 Å². The third-order valence-electron chi connectivity index (χ3n) is 2.55. The van der Waals surface area contributed by atoms with Crippen molar-refractivity contribution in [2.24, 2.45) is 5.73 Å². The van der Waals surface area contributed by atoms with E-state index >= 15 is 0 Å². The fourth-order valence-electron chi connectivity index (χ4n) is 1.46. The van der Waals surface area contributed by atoms with E-state index in [-0.39, 0.29) is 11.5 Å². The Morgan fingerprint density at radius 1 is 1.16 bits per heavy atom. The van der Waals surface area contributed by atoms with Crippen molar-refractivity contribution in [3.05, 3.63) is 29.3 Å². The third-order valence-corrected chi connectivity index (χ3v) is 3.66.